The molecule has 0 heterocycles. The summed E-state index contributed by atoms with van der Waals surface area (Å²) in [5.74, 6) is -0.681. The third kappa shape index (κ3) is 3.25. The SMILES string of the molecule is CCNC(CCc1cccc(F)c1F)C1CC1. The van der Waals surface area contributed by atoms with Crippen LogP contribution in [0.5, 0.6) is 0 Å². The molecule has 1 aliphatic carbocycles. The summed E-state index contributed by atoms with van der Waals surface area (Å²) in [7, 11) is 0. The molecule has 2 rings (SSSR count). The Morgan fingerprint density at radius 3 is 2.76 bits per heavy atom. The Morgan fingerprint density at radius 2 is 2.12 bits per heavy atom. The van der Waals surface area contributed by atoms with Gasteiger partial charge in [-0.1, -0.05) is 19.1 Å². The number of hydrogen-bond acceptors (Lipinski definition) is 1. The molecule has 17 heavy (non-hydrogen) atoms. The smallest absolute Gasteiger partial charge is 0.162 e. The van der Waals surface area contributed by atoms with Gasteiger partial charge in [0, 0.05) is 6.04 Å². The summed E-state index contributed by atoms with van der Waals surface area (Å²) in [6.07, 6.45) is 4.03. The summed E-state index contributed by atoms with van der Waals surface area (Å²) in [6, 6.07) is 4.88. The van der Waals surface area contributed by atoms with Crippen molar-refractivity contribution in [3.8, 4) is 0 Å². The zero-order valence-corrected chi connectivity index (χ0v) is 10.2. The van der Waals surface area contributed by atoms with E-state index in [9.17, 15) is 8.78 Å². The van der Waals surface area contributed by atoms with E-state index in [0.29, 0.717) is 18.0 Å². The molecule has 3 heteroatoms. The first kappa shape index (κ1) is 12.5. The highest BCUT2D eigenvalue weighted by atomic mass is 19.2. The number of hydrogen-bond donors (Lipinski definition) is 1. The van der Waals surface area contributed by atoms with Crippen molar-refractivity contribution in [2.45, 2.75) is 38.6 Å². The van der Waals surface area contributed by atoms with Gasteiger partial charge >= 0.3 is 0 Å². The normalized spacial score (nSPS) is 17.1. The van der Waals surface area contributed by atoms with Gasteiger partial charge in [-0.3, -0.25) is 0 Å². The van der Waals surface area contributed by atoms with E-state index in [-0.39, 0.29) is 0 Å². The Kier molecular flexibility index (Phi) is 4.11. The largest absolute Gasteiger partial charge is 0.314 e. The third-order valence-corrected chi connectivity index (χ3v) is 3.41. The monoisotopic (exact) mass is 239 g/mol. The predicted molar refractivity (Wildman–Crippen MR) is 64.9 cm³/mol. The van der Waals surface area contributed by atoms with Crippen molar-refractivity contribution in [2.75, 3.05) is 6.54 Å². The van der Waals surface area contributed by atoms with Crippen LogP contribution in [0.4, 0.5) is 8.78 Å². The first-order chi connectivity index (χ1) is 8.22. The maximum atomic E-state index is 13.5. The first-order valence-electron chi connectivity index (χ1n) is 6.38. The van der Waals surface area contributed by atoms with Crippen molar-refractivity contribution in [1.82, 2.24) is 5.32 Å². The average molecular weight is 239 g/mol. The molecule has 1 aromatic rings. The second-order valence-electron chi connectivity index (χ2n) is 4.75. The summed E-state index contributed by atoms with van der Waals surface area (Å²) in [5, 5.41) is 3.43. The second-order valence-corrected chi connectivity index (χ2v) is 4.75. The lowest BCUT2D eigenvalue weighted by Gasteiger charge is -2.17. The highest BCUT2D eigenvalue weighted by molar-refractivity contribution is 5.19. The summed E-state index contributed by atoms with van der Waals surface area (Å²) < 4.78 is 26.5. The van der Waals surface area contributed by atoms with Gasteiger partial charge in [0.1, 0.15) is 0 Å². The molecule has 0 radical (unpaired) electrons. The molecule has 1 aliphatic rings. The maximum absolute atomic E-state index is 13.5. The Labute approximate surface area is 101 Å². The average Bonchev–Trinajstić information content (AvgIpc) is 3.13. The number of rotatable bonds is 6. The van der Waals surface area contributed by atoms with E-state index < -0.39 is 11.6 Å². The standard InChI is InChI=1S/C14H19F2N/c1-2-17-13(10-6-7-10)9-8-11-4-3-5-12(15)14(11)16/h3-5,10,13,17H,2,6-9H2,1H3. The fourth-order valence-corrected chi connectivity index (χ4v) is 2.32. The van der Waals surface area contributed by atoms with Gasteiger partial charge in [-0.15, -0.1) is 0 Å². The van der Waals surface area contributed by atoms with Gasteiger partial charge in [0.05, 0.1) is 0 Å². The van der Waals surface area contributed by atoms with E-state index in [1.165, 1.54) is 18.9 Å². The molecule has 0 spiro atoms. The molecule has 1 aromatic carbocycles. The zero-order chi connectivity index (χ0) is 12.3. The van der Waals surface area contributed by atoms with Crippen LogP contribution in [0.2, 0.25) is 0 Å². The van der Waals surface area contributed by atoms with Crippen molar-refractivity contribution in [3.05, 3.63) is 35.4 Å². The van der Waals surface area contributed by atoms with Gasteiger partial charge in [-0.05, 0) is 49.8 Å². The summed E-state index contributed by atoms with van der Waals surface area (Å²) in [5.41, 5.74) is 0.494. The van der Waals surface area contributed by atoms with Gasteiger partial charge in [-0.25, -0.2) is 8.78 Å². The molecule has 1 fully saturated rings. The van der Waals surface area contributed by atoms with Crippen LogP contribution in [-0.2, 0) is 6.42 Å². The molecular weight excluding hydrogens is 220 g/mol. The molecule has 1 unspecified atom stereocenters. The molecule has 94 valence electrons. The van der Waals surface area contributed by atoms with E-state index in [1.54, 1.807) is 12.1 Å². The fraction of sp³-hybridized carbons (Fsp3) is 0.571. The number of halogens is 2. The quantitative estimate of drug-likeness (QED) is 0.803. The van der Waals surface area contributed by atoms with Gasteiger partial charge < -0.3 is 5.32 Å². The highest BCUT2D eigenvalue weighted by Gasteiger charge is 2.30. The zero-order valence-electron chi connectivity index (χ0n) is 10.2. The van der Waals surface area contributed by atoms with Gasteiger partial charge in [0.2, 0.25) is 0 Å². The Morgan fingerprint density at radius 1 is 1.35 bits per heavy atom. The molecule has 0 saturated heterocycles. The van der Waals surface area contributed by atoms with Crippen LogP contribution < -0.4 is 5.32 Å². The number of nitrogens with one attached hydrogen (secondary N) is 1. The van der Waals surface area contributed by atoms with Crippen LogP contribution in [0, 0.1) is 17.6 Å². The van der Waals surface area contributed by atoms with E-state index in [2.05, 4.69) is 12.2 Å². The molecule has 0 aliphatic heterocycles. The molecule has 1 saturated carbocycles. The van der Waals surface area contributed by atoms with Crippen LogP contribution in [0.1, 0.15) is 31.7 Å². The van der Waals surface area contributed by atoms with Crippen LogP contribution >= 0.6 is 0 Å². The summed E-state index contributed by atoms with van der Waals surface area (Å²) >= 11 is 0. The highest BCUT2D eigenvalue weighted by Crippen LogP contribution is 2.34. The number of benzene rings is 1. The van der Waals surface area contributed by atoms with Crippen molar-refractivity contribution in [1.29, 1.82) is 0 Å². The van der Waals surface area contributed by atoms with Crippen LogP contribution in [0.25, 0.3) is 0 Å². The molecule has 1 N–H and O–H groups in total. The van der Waals surface area contributed by atoms with E-state index >= 15 is 0 Å². The van der Waals surface area contributed by atoms with Crippen LogP contribution in [0.15, 0.2) is 18.2 Å². The Hall–Kier alpha value is -0.960. The lowest BCUT2D eigenvalue weighted by molar-refractivity contribution is 0.437. The van der Waals surface area contributed by atoms with Crippen LogP contribution in [0.3, 0.4) is 0 Å². The molecule has 1 nitrogen and oxygen atoms in total. The van der Waals surface area contributed by atoms with Crippen molar-refractivity contribution >= 4 is 0 Å². The minimum absolute atomic E-state index is 0.461. The van der Waals surface area contributed by atoms with Crippen molar-refractivity contribution in [3.63, 3.8) is 0 Å². The minimum Gasteiger partial charge on any atom is -0.314 e. The Balaban J connectivity index is 1.93. The first-order valence-corrected chi connectivity index (χ1v) is 6.38. The topological polar surface area (TPSA) is 12.0 Å². The van der Waals surface area contributed by atoms with Gasteiger partial charge in [0.15, 0.2) is 11.6 Å². The summed E-state index contributed by atoms with van der Waals surface area (Å²) in [4.78, 5) is 0. The second kappa shape index (κ2) is 5.58. The fourth-order valence-electron chi connectivity index (χ4n) is 2.32. The minimum atomic E-state index is -0.742. The summed E-state index contributed by atoms with van der Waals surface area (Å²) in [6.45, 7) is 3.02. The van der Waals surface area contributed by atoms with Gasteiger partial charge in [-0.2, -0.15) is 0 Å². The molecule has 1 atom stereocenters. The molecule has 0 bridgehead atoms. The van der Waals surface area contributed by atoms with E-state index in [0.717, 1.165) is 18.9 Å². The van der Waals surface area contributed by atoms with Crippen molar-refractivity contribution in [2.24, 2.45) is 5.92 Å². The maximum Gasteiger partial charge on any atom is 0.162 e. The van der Waals surface area contributed by atoms with E-state index in [4.69, 9.17) is 0 Å². The van der Waals surface area contributed by atoms with Crippen molar-refractivity contribution < 1.29 is 8.78 Å². The predicted octanol–water partition coefficient (Wildman–Crippen LogP) is 3.29. The van der Waals surface area contributed by atoms with Gasteiger partial charge in [0.25, 0.3) is 0 Å². The Bertz CT molecular complexity index is 374. The lowest BCUT2D eigenvalue weighted by atomic mass is 10.0. The van der Waals surface area contributed by atoms with Crippen LogP contribution in [-0.4, -0.2) is 12.6 Å². The lowest BCUT2D eigenvalue weighted by Crippen LogP contribution is -2.31. The molecule has 0 amide bonds. The number of aryl methyl sites for hydroxylation is 1. The molecular formula is C14H19F2N. The molecule has 0 aromatic heterocycles. The van der Waals surface area contributed by atoms with E-state index in [1.807, 2.05) is 0 Å². The third-order valence-electron chi connectivity index (χ3n) is 3.41.